The molecule has 0 unspecified atom stereocenters. The fraction of sp³-hybridized carbons (Fsp3) is 0.429. The van der Waals surface area contributed by atoms with Crippen molar-refractivity contribution in [3.8, 4) is 5.75 Å². The summed E-state index contributed by atoms with van der Waals surface area (Å²) < 4.78 is 6.40. The van der Waals surface area contributed by atoms with E-state index in [9.17, 15) is 14.7 Å². The summed E-state index contributed by atoms with van der Waals surface area (Å²) in [6.45, 7) is 11.5. The Hall–Kier alpha value is -3.60. The van der Waals surface area contributed by atoms with Gasteiger partial charge in [-0.1, -0.05) is 82.6 Å². The van der Waals surface area contributed by atoms with E-state index in [-0.39, 0.29) is 24.3 Å². The number of hydrogen-bond acceptors (Lipinski definition) is 3. The Balaban J connectivity index is 1.47. The first-order valence-electron chi connectivity index (χ1n) is 14.5. The van der Waals surface area contributed by atoms with Crippen molar-refractivity contribution in [2.45, 2.75) is 90.7 Å². The summed E-state index contributed by atoms with van der Waals surface area (Å²) in [4.78, 5) is 26.6. The van der Waals surface area contributed by atoms with E-state index in [1.54, 1.807) is 11.0 Å². The Morgan fingerprint density at radius 3 is 2.23 bits per heavy atom. The van der Waals surface area contributed by atoms with Crippen LogP contribution in [0.25, 0.3) is 0 Å². The molecule has 0 spiro atoms. The predicted octanol–water partition coefficient (Wildman–Crippen LogP) is 7.38. The third kappa shape index (κ3) is 7.53. The van der Waals surface area contributed by atoms with Crippen molar-refractivity contribution in [1.29, 1.82) is 0 Å². The molecular formula is C35H43NO4. The highest BCUT2D eigenvalue weighted by Gasteiger charge is 2.35. The lowest BCUT2D eigenvalue weighted by molar-refractivity contribution is -0.137. The zero-order chi connectivity index (χ0) is 28.9. The summed E-state index contributed by atoms with van der Waals surface area (Å²) in [5, 5.41) is 9.31. The highest BCUT2D eigenvalue weighted by molar-refractivity contribution is 5.95. The van der Waals surface area contributed by atoms with E-state index in [1.165, 1.54) is 16.7 Å². The number of rotatable bonds is 11. The molecule has 0 saturated carbocycles. The predicted molar refractivity (Wildman–Crippen MR) is 160 cm³/mol. The summed E-state index contributed by atoms with van der Waals surface area (Å²) in [5.74, 6) is -0.267. The van der Waals surface area contributed by atoms with Gasteiger partial charge in [-0.15, -0.1) is 0 Å². The van der Waals surface area contributed by atoms with Crippen LogP contribution in [0, 0.1) is 0 Å². The van der Waals surface area contributed by atoms with E-state index in [1.807, 2.05) is 24.3 Å². The number of nitrogens with zero attached hydrogens (tertiary/aromatic N) is 1. The average Bonchev–Trinajstić information content (AvgIpc) is 3.24. The Morgan fingerprint density at radius 1 is 0.950 bits per heavy atom. The Kier molecular flexibility index (Phi) is 9.02. The maximum absolute atomic E-state index is 13.6. The molecule has 0 fully saturated rings. The summed E-state index contributed by atoms with van der Waals surface area (Å²) in [6.07, 6.45) is 4.71. The highest BCUT2D eigenvalue weighted by atomic mass is 16.5. The molecule has 3 aromatic rings. The van der Waals surface area contributed by atoms with Crippen molar-refractivity contribution >= 4 is 11.9 Å². The molecule has 0 radical (unpaired) electrons. The minimum atomic E-state index is -0.915. The molecule has 0 aromatic heterocycles. The average molecular weight is 542 g/mol. The molecule has 40 heavy (non-hydrogen) atoms. The number of fused-ring (bicyclic) bond motifs is 1. The van der Waals surface area contributed by atoms with E-state index in [2.05, 4.69) is 71.0 Å². The normalized spacial score (nSPS) is 16.3. The molecule has 1 atom stereocenters. The third-order valence-electron chi connectivity index (χ3n) is 7.72. The molecule has 1 aliphatic rings. The minimum Gasteiger partial charge on any atom is -0.487 e. The fourth-order valence-corrected chi connectivity index (χ4v) is 5.39. The Bertz CT molecular complexity index is 1320. The maximum atomic E-state index is 13.6. The van der Waals surface area contributed by atoms with Crippen LogP contribution in [-0.2, 0) is 36.0 Å². The molecule has 4 rings (SSSR count). The lowest BCUT2D eigenvalue weighted by atomic mass is 9.85. The van der Waals surface area contributed by atoms with Crippen LogP contribution in [0.2, 0.25) is 0 Å². The molecule has 3 aromatic carbocycles. The standard InChI is InChI=1S/C35H43NO4/c1-6-7-8-25-9-11-27(12-10-25)24-36(20-19-32(37)38)33(39)28-15-18-31-29(21-28)23-35(5,40-31)22-26-13-16-30(17-14-26)34(2,3)4/h9-18,21H,6-8,19-20,22-24H2,1-5H3,(H,37,38)/t35-/m0/s1. The zero-order valence-corrected chi connectivity index (χ0v) is 24.6. The molecule has 0 aliphatic carbocycles. The van der Waals surface area contributed by atoms with Gasteiger partial charge in [0, 0.05) is 31.5 Å². The largest absolute Gasteiger partial charge is 0.487 e. The van der Waals surface area contributed by atoms with Gasteiger partial charge < -0.3 is 14.7 Å². The lowest BCUT2D eigenvalue weighted by Gasteiger charge is -2.25. The smallest absolute Gasteiger partial charge is 0.305 e. The second-order valence-electron chi connectivity index (χ2n) is 12.5. The van der Waals surface area contributed by atoms with Gasteiger partial charge in [0.1, 0.15) is 11.4 Å². The molecule has 212 valence electrons. The van der Waals surface area contributed by atoms with Crippen molar-refractivity contribution in [3.05, 3.63) is 100 Å². The van der Waals surface area contributed by atoms with Crippen LogP contribution >= 0.6 is 0 Å². The van der Waals surface area contributed by atoms with E-state index >= 15 is 0 Å². The SMILES string of the molecule is CCCCc1ccc(CN(CCC(=O)O)C(=O)c2ccc3c(c2)C[C@](C)(Cc2ccc(C(C)(C)C)cc2)O3)cc1. The summed E-state index contributed by atoms with van der Waals surface area (Å²) in [6, 6.07) is 22.7. The number of unbranched alkanes of at least 4 members (excludes halogenated alkanes) is 1. The summed E-state index contributed by atoms with van der Waals surface area (Å²) >= 11 is 0. The molecule has 0 bridgehead atoms. The number of ether oxygens (including phenoxy) is 1. The first kappa shape index (κ1) is 29.4. The fourth-order valence-electron chi connectivity index (χ4n) is 5.39. The number of carbonyl (C=O) groups excluding carboxylic acids is 1. The van der Waals surface area contributed by atoms with E-state index in [0.29, 0.717) is 18.5 Å². The highest BCUT2D eigenvalue weighted by Crippen LogP contribution is 2.38. The van der Waals surface area contributed by atoms with Gasteiger partial charge in [-0.2, -0.15) is 0 Å². The number of carboxylic acid groups (broad SMARTS) is 1. The van der Waals surface area contributed by atoms with Gasteiger partial charge in [-0.3, -0.25) is 9.59 Å². The topological polar surface area (TPSA) is 66.8 Å². The quantitative estimate of drug-likeness (QED) is 0.275. The molecular weight excluding hydrogens is 498 g/mol. The third-order valence-corrected chi connectivity index (χ3v) is 7.72. The van der Waals surface area contributed by atoms with Crippen molar-refractivity contribution in [3.63, 3.8) is 0 Å². The molecule has 5 nitrogen and oxygen atoms in total. The van der Waals surface area contributed by atoms with E-state index < -0.39 is 11.6 Å². The van der Waals surface area contributed by atoms with Gasteiger partial charge in [0.05, 0.1) is 6.42 Å². The number of hydrogen-bond donors (Lipinski definition) is 1. The molecule has 0 saturated heterocycles. The van der Waals surface area contributed by atoms with Gasteiger partial charge in [-0.25, -0.2) is 0 Å². The minimum absolute atomic E-state index is 0.0968. The molecule has 1 N–H and O–H groups in total. The number of aliphatic carboxylic acids is 1. The van der Waals surface area contributed by atoms with Crippen molar-refractivity contribution in [1.82, 2.24) is 4.90 Å². The zero-order valence-electron chi connectivity index (χ0n) is 24.6. The van der Waals surface area contributed by atoms with Crippen LogP contribution in [0.1, 0.15) is 92.1 Å². The molecule has 1 amide bonds. The van der Waals surface area contributed by atoms with Crippen molar-refractivity contribution in [2.75, 3.05) is 6.54 Å². The van der Waals surface area contributed by atoms with Crippen LogP contribution in [0.15, 0.2) is 66.7 Å². The van der Waals surface area contributed by atoms with Crippen molar-refractivity contribution in [2.24, 2.45) is 0 Å². The Morgan fingerprint density at radius 2 is 1.60 bits per heavy atom. The maximum Gasteiger partial charge on any atom is 0.305 e. The number of amides is 1. The molecule has 1 heterocycles. The molecule has 5 heteroatoms. The summed E-state index contributed by atoms with van der Waals surface area (Å²) in [7, 11) is 0. The van der Waals surface area contributed by atoms with Gasteiger partial charge in [0.15, 0.2) is 0 Å². The molecule has 1 aliphatic heterocycles. The van der Waals surface area contributed by atoms with Gasteiger partial charge in [0.2, 0.25) is 0 Å². The number of carbonyl (C=O) groups is 2. The van der Waals surface area contributed by atoms with E-state index in [0.717, 1.165) is 42.6 Å². The first-order chi connectivity index (χ1) is 19.0. The van der Waals surface area contributed by atoms with Crippen LogP contribution < -0.4 is 4.74 Å². The van der Waals surface area contributed by atoms with Crippen LogP contribution in [0.4, 0.5) is 0 Å². The number of carboxylic acids is 1. The van der Waals surface area contributed by atoms with E-state index in [4.69, 9.17) is 4.74 Å². The van der Waals surface area contributed by atoms with Crippen molar-refractivity contribution < 1.29 is 19.4 Å². The lowest BCUT2D eigenvalue weighted by Crippen LogP contribution is -2.33. The monoisotopic (exact) mass is 541 g/mol. The van der Waals surface area contributed by atoms with Gasteiger partial charge >= 0.3 is 5.97 Å². The van der Waals surface area contributed by atoms with Crippen LogP contribution in [0.5, 0.6) is 5.75 Å². The number of benzene rings is 3. The van der Waals surface area contributed by atoms with Crippen LogP contribution in [0.3, 0.4) is 0 Å². The van der Waals surface area contributed by atoms with Gasteiger partial charge in [-0.05, 0) is 71.2 Å². The van der Waals surface area contributed by atoms with Gasteiger partial charge in [0.25, 0.3) is 5.91 Å². The number of aryl methyl sites for hydroxylation is 1. The Labute approximate surface area is 239 Å². The first-order valence-corrected chi connectivity index (χ1v) is 14.5. The second kappa shape index (κ2) is 12.3. The summed E-state index contributed by atoms with van der Waals surface area (Å²) in [5.41, 5.74) is 6.09. The second-order valence-corrected chi connectivity index (χ2v) is 12.5. The van der Waals surface area contributed by atoms with Crippen LogP contribution in [-0.4, -0.2) is 34.0 Å².